The highest BCUT2D eigenvalue weighted by Gasteiger charge is 2.32. The minimum atomic E-state index is -0.814. The van der Waals surface area contributed by atoms with Crippen LogP contribution < -0.4 is 0 Å². The molecule has 0 bridgehead atoms. The molecule has 1 heterocycles. The monoisotopic (exact) mass is 309 g/mol. The van der Waals surface area contributed by atoms with Gasteiger partial charge >= 0.3 is 5.97 Å². The van der Waals surface area contributed by atoms with E-state index in [4.69, 9.17) is 0 Å². The summed E-state index contributed by atoms with van der Waals surface area (Å²) in [6, 6.07) is 0. The number of hydrogen-bond acceptors (Lipinski definition) is 3. The summed E-state index contributed by atoms with van der Waals surface area (Å²) in [5.41, 5.74) is 1.18. The Bertz CT molecular complexity index is 493. The van der Waals surface area contributed by atoms with E-state index >= 15 is 0 Å². The molecule has 0 atom stereocenters. The molecule has 1 aliphatic carbocycles. The van der Waals surface area contributed by atoms with Crippen LogP contribution in [-0.4, -0.2) is 16.1 Å². The zero-order valence-electron chi connectivity index (χ0n) is 13.6. The zero-order chi connectivity index (χ0) is 15.6. The highest BCUT2D eigenvalue weighted by atomic mass is 32.1. The molecule has 4 heteroatoms. The van der Waals surface area contributed by atoms with Gasteiger partial charge in [-0.3, -0.25) is 0 Å². The molecule has 0 radical (unpaired) electrons. The molecule has 1 aliphatic rings. The molecule has 1 N–H and O–H groups in total. The largest absolute Gasteiger partial charge is 0.477 e. The maximum absolute atomic E-state index is 11.3. The van der Waals surface area contributed by atoms with Crippen molar-refractivity contribution >= 4 is 17.3 Å². The van der Waals surface area contributed by atoms with Gasteiger partial charge in [0.1, 0.15) is 4.88 Å². The molecule has 3 nitrogen and oxygen atoms in total. The number of aromatic nitrogens is 1. The fraction of sp³-hybridized carbons (Fsp3) is 0.765. The van der Waals surface area contributed by atoms with Gasteiger partial charge in [-0.05, 0) is 43.4 Å². The van der Waals surface area contributed by atoms with Crippen molar-refractivity contribution in [2.45, 2.75) is 72.1 Å². The Labute approximate surface area is 131 Å². The van der Waals surface area contributed by atoms with Gasteiger partial charge in [0.25, 0.3) is 0 Å². The van der Waals surface area contributed by atoms with Crippen molar-refractivity contribution < 1.29 is 9.90 Å². The van der Waals surface area contributed by atoms with E-state index in [1.807, 2.05) is 0 Å². The molecule has 0 spiro atoms. The molecule has 21 heavy (non-hydrogen) atoms. The van der Waals surface area contributed by atoms with Crippen molar-refractivity contribution in [3.8, 4) is 0 Å². The molecule has 2 rings (SSSR count). The minimum Gasteiger partial charge on any atom is -0.477 e. The zero-order valence-corrected chi connectivity index (χ0v) is 14.4. The van der Waals surface area contributed by atoms with Gasteiger partial charge in [-0.1, -0.05) is 34.1 Å². The second-order valence-electron chi connectivity index (χ2n) is 7.30. The standard InChI is InChI=1S/C17H27NO2S/c1-5-6-13-14(16(19)20)21-15(18-13)11-7-9-12(10-8-11)17(2,3)4/h11-12H,5-10H2,1-4H3,(H,19,20). The fourth-order valence-corrected chi connectivity index (χ4v) is 4.44. The topological polar surface area (TPSA) is 50.2 Å². The fourth-order valence-electron chi connectivity index (χ4n) is 3.32. The maximum Gasteiger partial charge on any atom is 0.347 e. The first-order valence-electron chi connectivity index (χ1n) is 8.05. The molecule has 118 valence electrons. The van der Waals surface area contributed by atoms with Crippen LogP contribution in [0.5, 0.6) is 0 Å². The van der Waals surface area contributed by atoms with Crippen molar-refractivity contribution in [2.24, 2.45) is 11.3 Å². The first kappa shape index (κ1) is 16.5. The molecule has 1 aromatic heterocycles. The Kier molecular flexibility index (Phi) is 5.07. The average molecular weight is 309 g/mol. The van der Waals surface area contributed by atoms with E-state index < -0.39 is 5.97 Å². The van der Waals surface area contributed by atoms with E-state index in [0.29, 0.717) is 16.2 Å². The van der Waals surface area contributed by atoms with Gasteiger partial charge in [0.15, 0.2) is 0 Å². The van der Waals surface area contributed by atoms with E-state index in [0.717, 1.165) is 42.3 Å². The summed E-state index contributed by atoms with van der Waals surface area (Å²) < 4.78 is 0. The SMILES string of the molecule is CCCc1nc(C2CCC(C(C)(C)C)CC2)sc1C(=O)O. The highest BCUT2D eigenvalue weighted by Crippen LogP contribution is 2.44. The van der Waals surface area contributed by atoms with Gasteiger partial charge in [-0.25, -0.2) is 9.78 Å². The number of carbonyl (C=O) groups is 1. The molecule has 0 amide bonds. The summed E-state index contributed by atoms with van der Waals surface area (Å²) in [4.78, 5) is 16.5. The number of aromatic carboxylic acids is 1. The van der Waals surface area contributed by atoms with Gasteiger partial charge in [-0.2, -0.15) is 0 Å². The van der Waals surface area contributed by atoms with Crippen molar-refractivity contribution in [1.29, 1.82) is 0 Å². The summed E-state index contributed by atoms with van der Waals surface area (Å²) in [5, 5.41) is 10.4. The second kappa shape index (κ2) is 6.47. The molecule has 1 fully saturated rings. The van der Waals surface area contributed by atoms with Crippen LogP contribution >= 0.6 is 11.3 Å². The molecule has 0 aromatic carbocycles. The van der Waals surface area contributed by atoms with Crippen LogP contribution in [0.25, 0.3) is 0 Å². The molecule has 0 aliphatic heterocycles. The number of hydrogen-bond donors (Lipinski definition) is 1. The van der Waals surface area contributed by atoms with Crippen LogP contribution in [-0.2, 0) is 6.42 Å². The summed E-state index contributed by atoms with van der Waals surface area (Å²) in [6.07, 6.45) is 6.49. The number of carboxylic acids is 1. The third-order valence-electron chi connectivity index (χ3n) is 4.70. The molecule has 1 aromatic rings. The van der Waals surface area contributed by atoms with E-state index in [1.54, 1.807) is 0 Å². The van der Waals surface area contributed by atoms with Crippen LogP contribution in [0, 0.1) is 11.3 Å². The maximum atomic E-state index is 11.3. The Balaban J connectivity index is 2.10. The normalized spacial score (nSPS) is 23.2. The lowest BCUT2D eigenvalue weighted by molar-refractivity contribution is 0.0700. The minimum absolute atomic E-state index is 0.382. The van der Waals surface area contributed by atoms with E-state index in [1.165, 1.54) is 24.2 Å². The van der Waals surface area contributed by atoms with Gasteiger partial charge in [0.05, 0.1) is 10.7 Å². The Morgan fingerprint density at radius 3 is 2.38 bits per heavy atom. The van der Waals surface area contributed by atoms with E-state index in [2.05, 4.69) is 32.7 Å². The van der Waals surface area contributed by atoms with Crippen molar-refractivity contribution in [2.75, 3.05) is 0 Å². The Hall–Kier alpha value is -0.900. The molecule has 0 saturated heterocycles. The molecular weight excluding hydrogens is 282 g/mol. The lowest BCUT2D eigenvalue weighted by Gasteiger charge is -2.36. The summed E-state index contributed by atoms with van der Waals surface area (Å²) in [6.45, 7) is 9.04. The number of rotatable bonds is 4. The van der Waals surface area contributed by atoms with Crippen LogP contribution in [0.4, 0.5) is 0 Å². The Morgan fingerprint density at radius 1 is 1.29 bits per heavy atom. The van der Waals surface area contributed by atoms with Crippen molar-refractivity contribution in [1.82, 2.24) is 4.98 Å². The predicted molar refractivity (Wildman–Crippen MR) is 87.2 cm³/mol. The summed E-state index contributed by atoms with van der Waals surface area (Å²) >= 11 is 1.41. The smallest absolute Gasteiger partial charge is 0.347 e. The number of aryl methyl sites for hydroxylation is 1. The van der Waals surface area contributed by atoms with Gasteiger partial charge in [-0.15, -0.1) is 11.3 Å². The van der Waals surface area contributed by atoms with Gasteiger partial charge < -0.3 is 5.11 Å². The van der Waals surface area contributed by atoms with Crippen molar-refractivity contribution in [3.05, 3.63) is 15.6 Å². The van der Waals surface area contributed by atoms with Crippen LogP contribution in [0.1, 0.15) is 86.1 Å². The Morgan fingerprint density at radius 2 is 1.90 bits per heavy atom. The third-order valence-corrected chi connectivity index (χ3v) is 5.94. The highest BCUT2D eigenvalue weighted by molar-refractivity contribution is 7.13. The van der Waals surface area contributed by atoms with Gasteiger partial charge in [0.2, 0.25) is 0 Å². The van der Waals surface area contributed by atoms with E-state index in [-0.39, 0.29) is 0 Å². The lowest BCUT2D eigenvalue weighted by Crippen LogP contribution is -2.25. The van der Waals surface area contributed by atoms with E-state index in [9.17, 15) is 9.90 Å². The molecular formula is C17H27NO2S. The molecule has 0 unspecified atom stereocenters. The summed E-state index contributed by atoms with van der Waals surface area (Å²) in [7, 11) is 0. The lowest BCUT2D eigenvalue weighted by atomic mass is 9.70. The van der Waals surface area contributed by atoms with Crippen LogP contribution in [0.2, 0.25) is 0 Å². The quantitative estimate of drug-likeness (QED) is 0.840. The first-order chi connectivity index (χ1) is 9.82. The predicted octanol–water partition coefficient (Wildman–Crippen LogP) is 5.11. The second-order valence-corrected chi connectivity index (χ2v) is 8.33. The molecule has 1 saturated carbocycles. The van der Waals surface area contributed by atoms with Crippen LogP contribution in [0.15, 0.2) is 0 Å². The third kappa shape index (κ3) is 3.85. The van der Waals surface area contributed by atoms with Crippen molar-refractivity contribution in [3.63, 3.8) is 0 Å². The van der Waals surface area contributed by atoms with Gasteiger partial charge in [0, 0.05) is 5.92 Å². The summed E-state index contributed by atoms with van der Waals surface area (Å²) in [5.74, 6) is 0.436. The number of carboxylic acid groups (broad SMARTS) is 1. The van der Waals surface area contributed by atoms with Crippen LogP contribution in [0.3, 0.4) is 0 Å². The average Bonchev–Trinajstić information content (AvgIpc) is 2.82. The first-order valence-corrected chi connectivity index (χ1v) is 8.87. The number of nitrogens with zero attached hydrogens (tertiary/aromatic N) is 1. The number of thiazole rings is 1.